The number of aliphatic hydroxyl groups is 1. The largest absolute Gasteiger partial charge is 0.453 e. The number of carbonyl (C=O) groups excluding carboxylic acids is 3. The van der Waals surface area contributed by atoms with E-state index in [1.165, 1.54) is 47.6 Å². The molecule has 0 radical (unpaired) electrons. The fourth-order valence-electron chi connectivity index (χ4n) is 10.2. The highest BCUT2D eigenvalue weighted by Gasteiger charge is 2.39. The molecule has 0 spiro atoms. The number of allylic oxidation sites excluding steroid dienone is 4. The summed E-state index contributed by atoms with van der Waals surface area (Å²) in [4.78, 5) is 60.7. The van der Waals surface area contributed by atoms with Gasteiger partial charge in [-0.15, -0.1) is 0 Å². The second-order valence-corrected chi connectivity index (χ2v) is 18.6. The average molecular weight is 861 g/mol. The van der Waals surface area contributed by atoms with Gasteiger partial charge >= 0.3 is 6.09 Å². The van der Waals surface area contributed by atoms with Gasteiger partial charge in [-0.3, -0.25) is 14.9 Å². The van der Waals surface area contributed by atoms with Crippen molar-refractivity contribution in [1.82, 2.24) is 40.4 Å². The second kappa shape index (κ2) is 18.8. The number of imidazole rings is 2. The van der Waals surface area contributed by atoms with Gasteiger partial charge in [0.15, 0.2) is 0 Å². The molecule has 3 amide bonds. The van der Waals surface area contributed by atoms with Gasteiger partial charge in [0.2, 0.25) is 18.2 Å². The Kier molecular flexibility index (Phi) is 13.2. The third kappa shape index (κ3) is 9.21. The minimum Gasteiger partial charge on any atom is -0.453 e. The third-order valence-electron chi connectivity index (χ3n) is 13.7. The van der Waals surface area contributed by atoms with Crippen molar-refractivity contribution >= 4 is 34.5 Å². The van der Waals surface area contributed by atoms with Gasteiger partial charge in [0, 0.05) is 25.8 Å². The Morgan fingerprint density at radius 1 is 0.857 bits per heavy atom. The summed E-state index contributed by atoms with van der Waals surface area (Å²) < 4.78 is 9.84. The Morgan fingerprint density at radius 2 is 1.57 bits per heavy atom. The molecule has 4 heterocycles. The minimum atomic E-state index is -1.22. The van der Waals surface area contributed by atoms with Crippen LogP contribution < -0.4 is 10.6 Å². The molecule has 14 nitrogen and oxygen atoms in total. The topological polar surface area (TPSA) is 178 Å². The first-order valence-electron chi connectivity index (χ1n) is 22.8. The van der Waals surface area contributed by atoms with Crippen LogP contribution in [-0.2, 0) is 31.9 Å². The summed E-state index contributed by atoms with van der Waals surface area (Å²) in [5.74, 6) is 1.66. The number of aryl methyl sites for hydroxylation is 2. The van der Waals surface area contributed by atoms with Crippen LogP contribution >= 0.6 is 0 Å². The Morgan fingerprint density at radius 3 is 2.27 bits per heavy atom. The summed E-state index contributed by atoms with van der Waals surface area (Å²) in [6.07, 6.45) is 10.5. The molecule has 2 saturated heterocycles. The predicted molar refractivity (Wildman–Crippen MR) is 242 cm³/mol. The molecule has 5 aliphatic carbocycles. The number of likely N-dealkylation sites (tertiary alicyclic amines) is 2. The van der Waals surface area contributed by atoms with E-state index in [0.29, 0.717) is 19.0 Å². The van der Waals surface area contributed by atoms with Crippen molar-refractivity contribution in [3.05, 3.63) is 88.2 Å². The molecule has 63 heavy (non-hydrogen) atoms. The van der Waals surface area contributed by atoms with Crippen molar-refractivity contribution in [2.45, 2.75) is 123 Å². The Hall–Kier alpha value is -5.31. The molecule has 1 unspecified atom stereocenters. The third-order valence-corrected chi connectivity index (χ3v) is 13.7. The van der Waals surface area contributed by atoms with E-state index >= 15 is 0 Å². The molecular weight excluding hydrogens is 797 g/mol. The first-order chi connectivity index (χ1) is 30.3. The number of hydrogen-bond acceptors (Lipinski definition) is 9. The maximum absolute atomic E-state index is 13.8. The van der Waals surface area contributed by atoms with Gasteiger partial charge in [-0.1, -0.05) is 70.0 Å². The van der Waals surface area contributed by atoms with Gasteiger partial charge in [-0.2, -0.15) is 0 Å². The first kappa shape index (κ1) is 44.3. The number of hydrogen-bond donors (Lipinski definition) is 5. The smallest absolute Gasteiger partial charge is 0.407 e. The van der Waals surface area contributed by atoms with Gasteiger partial charge in [-0.05, 0) is 116 Å². The van der Waals surface area contributed by atoms with E-state index in [4.69, 9.17) is 19.4 Å². The van der Waals surface area contributed by atoms with E-state index in [0.717, 1.165) is 91.7 Å². The zero-order chi connectivity index (χ0) is 44.5. The zero-order valence-electron chi connectivity index (χ0n) is 37.8. The van der Waals surface area contributed by atoms with Crippen LogP contribution in [-0.4, -0.2) is 98.6 Å². The number of aromatic amines is 2. The summed E-state index contributed by atoms with van der Waals surface area (Å²) in [6, 6.07) is 11.7. The Bertz CT molecular complexity index is 2400. The number of methoxy groups -OCH3 is 2. The van der Waals surface area contributed by atoms with Crippen LogP contribution in [0.1, 0.15) is 120 Å². The quantitative estimate of drug-likeness (QED) is 0.0903. The Labute approximate surface area is 370 Å². The van der Waals surface area contributed by atoms with E-state index in [2.05, 4.69) is 70.0 Å². The SMILES string of the molecule is COC(=O)N[C@H](C(=O)N1CCC[C@H]1c1nc2ccc(C3=C4CCc5ccc(c(-c6cnc([C@@H]7CCCN7C(=O)[C@@H](NC(O)OC)C(C)C)[nH]6)c5)CCC(=C3)[C@@H](C)C4)cc2[nH]1)C(C)C. The van der Waals surface area contributed by atoms with Gasteiger partial charge in [-0.25, -0.2) is 14.8 Å². The lowest BCUT2D eigenvalue weighted by molar-refractivity contribution is -0.145. The molecule has 14 heteroatoms. The zero-order valence-corrected chi connectivity index (χ0v) is 37.8. The fraction of sp³-hybridized carbons (Fsp3) is 0.531. The van der Waals surface area contributed by atoms with Crippen LogP contribution in [0.2, 0.25) is 0 Å². The number of rotatable bonds is 12. The van der Waals surface area contributed by atoms with Crippen molar-refractivity contribution in [1.29, 1.82) is 0 Å². The second-order valence-electron chi connectivity index (χ2n) is 18.6. The molecule has 7 aliphatic rings. The van der Waals surface area contributed by atoms with Crippen molar-refractivity contribution in [3.63, 3.8) is 0 Å². The summed E-state index contributed by atoms with van der Waals surface area (Å²) in [5, 5.41) is 15.8. The lowest BCUT2D eigenvalue weighted by Gasteiger charge is -2.31. The molecule has 2 aromatic carbocycles. The standard InChI is InChI=1S/C49H64N8O6/c1-27(2)42(54-48(60)62-6)46(58)56-20-8-10-40(56)44-50-26-39(53-44)36-23-30-12-14-31(36)16-17-32-24-35(33(15-13-30)22-29(32)5)34-18-19-37-38(25-34)52-45(51-37)41-11-9-21-57(41)47(59)43(28(3)4)55-49(61)63-7/h12,14,18-19,23-29,40-43,48,54,60H,8-11,13,15-17,20-22H2,1-7H3,(H,50,53)(H,51,52)(H,55,61)/t29-,40-,41-,42-,43-,48?/m0/s1. The number of amides is 3. The van der Waals surface area contributed by atoms with Crippen LogP contribution in [0.3, 0.4) is 0 Å². The van der Waals surface area contributed by atoms with E-state index in [1.54, 1.807) is 0 Å². The lowest BCUT2D eigenvalue weighted by Crippen LogP contribution is -2.52. The van der Waals surface area contributed by atoms with Crippen molar-refractivity contribution in [2.75, 3.05) is 27.3 Å². The van der Waals surface area contributed by atoms with E-state index in [9.17, 15) is 19.5 Å². The normalized spacial score (nSPS) is 21.8. The first-order valence-corrected chi connectivity index (χ1v) is 22.8. The number of nitrogens with zero attached hydrogens (tertiary/aromatic N) is 4. The number of ether oxygens (including phenoxy) is 2. The van der Waals surface area contributed by atoms with Gasteiger partial charge < -0.3 is 39.7 Å². The van der Waals surface area contributed by atoms with Crippen molar-refractivity contribution < 1.29 is 29.0 Å². The summed E-state index contributed by atoms with van der Waals surface area (Å²) in [5.41, 5.74) is 11.8. The number of aromatic nitrogens is 4. The monoisotopic (exact) mass is 860 g/mol. The molecule has 6 atom stereocenters. The minimum absolute atomic E-state index is 0.0438. The molecule has 5 N–H and O–H groups in total. The van der Waals surface area contributed by atoms with Crippen LogP contribution in [0.25, 0.3) is 27.9 Å². The van der Waals surface area contributed by atoms with Gasteiger partial charge in [0.1, 0.15) is 17.7 Å². The summed E-state index contributed by atoms with van der Waals surface area (Å²) >= 11 is 0. The van der Waals surface area contributed by atoms with E-state index < -0.39 is 24.6 Å². The number of nitrogens with one attached hydrogen (secondary N) is 4. The molecular formula is C49H64N8O6. The highest BCUT2D eigenvalue weighted by atomic mass is 16.6. The summed E-state index contributed by atoms with van der Waals surface area (Å²) in [7, 11) is 2.71. The predicted octanol–water partition coefficient (Wildman–Crippen LogP) is 7.50. The number of benzene rings is 2. The maximum Gasteiger partial charge on any atom is 0.407 e. The molecule has 336 valence electrons. The van der Waals surface area contributed by atoms with Crippen LogP contribution in [0, 0.1) is 17.8 Å². The van der Waals surface area contributed by atoms with Gasteiger partial charge in [0.05, 0.1) is 48.2 Å². The van der Waals surface area contributed by atoms with E-state index in [1.807, 2.05) is 43.7 Å². The van der Waals surface area contributed by atoms with Crippen molar-refractivity contribution in [3.8, 4) is 11.3 Å². The molecule has 11 rings (SSSR count). The fourth-order valence-corrected chi connectivity index (χ4v) is 10.2. The Balaban J connectivity index is 1.03. The molecule has 2 aromatic heterocycles. The number of carbonyl (C=O) groups is 3. The molecule has 2 fully saturated rings. The number of H-pyrrole nitrogens is 2. The molecule has 4 aromatic rings. The number of fused-ring (bicyclic) bond motifs is 1. The molecule has 2 aliphatic heterocycles. The maximum atomic E-state index is 13.8. The van der Waals surface area contributed by atoms with Crippen molar-refractivity contribution in [2.24, 2.45) is 17.8 Å². The molecule has 0 saturated carbocycles. The van der Waals surface area contributed by atoms with Crippen LogP contribution in [0.15, 0.2) is 59.8 Å². The van der Waals surface area contributed by atoms with Crippen LogP contribution in [0.5, 0.6) is 0 Å². The van der Waals surface area contributed by atoms with E-state index in [-0.39, 0.29) is 35.7 Å². The average Bonchev–Trinajstić information content (AvgIpc) is 4.11. The lowest BCUT2D eigenvalue weighted by atomic mass is 9.77. The highest BCUT2D eigenvalue weighted by molar-refractivity contribution is 5.88. The van der Waals surface area contributed by atoms with Crippen LogP contribution in [0.4, 0.5) is 4.79 Å². The summed E-state index contributed by atoms with van der Waals surface area (Å²) in [6.45, 7) is 11.4. The molecule has 4 bridgehead atoms. The van der Waals surface area contributed by atoms with Gasteiger partial charge in [0.25, 0.3) is 0 Å². The number of aliphatic hydroxyl groups excluding tert-OH is 1. The number of alkyl carbamates (subject to hydrolysis) is 1. The highest BCUT2D eigenvalue weighted by Crippen LogP contribution is 2.41.